The van der Waals surface area contributed by atoms with E-state index in [2.05, 4.69) is 11.4 Å². The van der Waals surface area contributed by atoms with Crippen molar-refractivity contribution in [2.45, 2.75) is 57.1 Å². The third-order valence-electron chi connectivity index (χ3n) is 4.06. The second kappa shape index (κ2) is 5.65. The fraction of sp³-hybridized carbons (Fsp3) is 0.923. The third-order valence-corrected chi connectivity index (χ3v) is 4.06. The van der Waals surface area contributed by atoms with Crippen LogP contribution in [0.15, 0.2) is 0 Å². The van der Waals surface area contributed by atoms with Crippen LogP contribution in [0.2, 0.25) is 0 Å². The van der Waals surface area contributed by atoms with Gasteiger partial charge in [-0.05, 0) is 38.1 Å². The summed E-state index contributed by atoms with van der Waals surface area (Å²) < 4.78 is 0. The van der Waals surface area contributed by atoms with Crippen molar-refractivity contribution in [3.05, 3.63) is 0 Å². The van der Waals surface area contributed by atoms with Gasteiger partial charge in [0.2, 0.25) is 0 Å². The van der Waals surface area contributed by atoms with E-state index in [9.17, 15) is 5.11 Å². The first-order chi connectivity index (χ1) is 7.79. The molecule has 2 aliphatic carbocycles. The average Bonchev–Trinajstić information content (AvgIpc) is 2.47. The van der Waals surface area contributed by atoms with Gasteiger partial charge in [-0.15, -0.1) is 0 Å². The molecule has 2 fully saturated rings. The van der Waals surface area contributed by atoms with Gasteiger partial charge in [0.1, 0.15) is 0 Å². The molecule has 2 rings (SSSR count). The standard InChI is InChI=1S/C13H22N2O/c14-8-11-4-2-1-3-5-13(11)15-9-10-6-12(16)7-10/h10-13,15-16H,1-7,9H2. The Bertz CT molecular complexity index is 255. The summed E-state index contributed by atoms with van der Waals surface area (Å²) in [6.45, 7) is 0.986. The molecule has 0 bridgehead atoms. The second-order valence-electron chi connectivity index (χ2n) is 5.38. The lowest BCUT2D eigenvalue weighted by Gasteiger charge is -2.33. The van der Waals surface area contributed by atoms with Gasteiger partial charge >= 0.3 is 0 Å². The van der Waals surface area contributed by atoms with E-state index in [4.69, 9.17) is 5.26 Å². The Morgan fingerprint density at radius 3 is 2.62 bits per heavy atom. The summed E-state index contributed by atoms with van der Waals surface area (Å²) in [6.07, 6.45) is 7.76. The molecule has 2 saturated carbocycles. The Hall–Kier alpha value is -0.590. The van der Waals surface area contributed by atoms with Gasteiger partial charge in [-0.3, -0.25) is 0 Å². The molecule has 90 valence electrons. The SMILES string of the molecule is N#CC1CCCCCC1NCC1CC(O)C1. The molecule has 3 heteroatoms. The molecule has 0 spiro atoms. The van der Waals surface area contributed by atoms with E-state index < -0.39 is 0 Å². The summed E-state index contributed by atoms with van der Waals surface area (Å²) in [7, 11) is 0. The van der Waals surface area contributed by atoms with E-state index in [1.54, 1.807) is 0 Å². The molecular formula is C13H22N2O. The molecule has 0 saturated heterocycles. The van der Waals surface area contributed by atoms with Gasteiger partial charge < -0.3 is 10.4 Å². The fourth-order valence-electron chi connectivity index (χ4n) is 2.89. The highest BCUT2D eigenvalue weighted by Crippen LogP contribution is 2.28. The number of hydrogen-bond acceptors (Lipinski definition) is 3. The molecule has 0 aromatic carbocycles. The van der Waals surface area contributed by atoms with Gasteiger partial charge in [0.25, 0.3) is 0 Å². The molecule has 2 atom stereocenters. The lowest BCUT2D eigenvalue weighted by molar-refractivity contribution is 0.0411. The van der Waals surface area contributed by atoms with Crippen molar-refractivity contribution in [3.8, 4) is 6.07 Å². The molecule has 16 heavy (non-hydrogen) atoms. The topological polar surface area (TPSA) is 56.0 Å². The van der Waals surface area contributed by atoms with Crippen molar-refractivity contribution in [3.63, 3.8) is 0 Å². The van der Waals surface area contributed by atoms with Crippen molar-refractivity contribution in [2.75, 3.05) is 6.54 Å². The molecular weight excluding hydrogens is 200 g/mol. The lowest BCUT2D eigenvalue weighted by atomic mass is 9.82. The lowest BCUT2D eigenvalue weighted by Crippen LogP contribution is -2.42. The molecule has 3 nitrogen and oxygen atoms in total. The summed E-state index contributed by atoms with van der Waals surface area (Å²) in [5.41, 5.74) is 0. The van der Waals surface area contributed by atoms with Crippen LogP contribution in [0.3, 0.4) is 0 Å². The van der Waals surface area contributed by atoms with Gasteiger partial charge in [-0.1, -0.05) is 19.3 Å². The van der Waals surface area contributed by atoms with Crippen LogP contribution in [0, 0.1) is 23.2 Å². The number of aliphatic hydroxyl groups excluding tert-OH is 1. The van der Waals surface area contributed by atoms with E-state index >= 15 is 0 Å². The molecule has 0 aromatic heterocycles. The maximum Gasteiger partial charge on any atom is 0.0672 e. The average molecular weight is 222 g/mol. The normalized spacial score (nSPS) is 39.5. The monoisotopic (exact) mass is 222 g/mol. The minimum Gasteiger partial charge on any atom is -0.393 e. The number of nitrogens with zero attached hydrogens (tertiary/aromatic N) is 1. The van der Waals surface area contributed by atoms with Gasteiger partial charge in [0, 0.05) is 6.04 Å². The van der Waals surface area contributed by atoms with Crippen LogP contribution in [-0.4, -0.2) is 23.8 Å². The number of hydrogen-bond donors (Lipinski definition) is 2. The molecule has 2 aliphatic rings. The molecule has 0 amide bonds. The van der Waals surface area contributed by atoms with E-state index in [0.717, 1.165) is 32.2 Å². The number of rotatable bonds is 3. The zero-order chi connectivity index (χ0) is 11.4. The van der Waals surface area contributed by atoms with Crippen molar-refractivity contribution >= 4 is 0 Å². The molecule has 0 aromatic rings. The predicted octanol–water partition coefficient (Wildman–Crippen LogP) is 1.82. The van der Waals surface area contributed by atoms with Crippen molar-refractivity contribution in [1.29, 1.82) is 5.26 Å². The van der Waals surface area contributed by atoms with Crippen LogP contribution in [0.1, 0.15) is 44.9 Å². The minimum absolute atomic E-state index is 0.0623. The van der Waals surface area contributed by atoms with Crippen molar-refractivity contribution in [1.82, 2.24) is 5.32 Å². The number of aliphatic hydroxyl groups is 1. The highest BCUT2D eigenvalue weighted by molar-refractivity contribution is 4.94. The second-order valence-corrected chi connectivity index (χ2v) is 5.38. The number of nitrogens with one attached hydrogen (secondary N) is 1. The van der Waals surface area contributed by atoms with Gasteiger partial charge in [0.05, 0.1) is 18.1 Å². The van der Waals surface area contributed by atoms with E-state index in [1.807, 2.05) is 0 Å². The van der Waals surface area contributed by atoms with E-state index in [1.165, 1.54) is 19.3 Å². The first-order valence-electron chi connectivity index (χ1n) is 6.60. The molecule has 0 radical (unpaired) electrons. The van der Waals surface area contributed by atoms with Crippen LogP contribution in [0.25, 0.3) is 0 Å². The quantitative estimate of drug-likeness (QED) is 0.716. The maximum absolute atomic E-state index is 9.22. The summed E-state index contributed by atoms with van der Waals surface area (Å²) in [5.74, 6) is 0.838. The highest BCUT2D eigenvalue weighted by Gasteiger charge is 2.29. The Morgan fingerprint density at radius 2 is 1.94 bits per heavy atom. The Kier molecular flexibility index (Phi) is 4.20. The summed E-state index contributed by atoms with van der Waals surface area (Å²) >= 11 is 0. The third kappa shape index (κ3) is 2.96. The Morgan fingerprint density at radius 1 is 1.19 bits per heavy atom. The molecule has 0 heterocycles. The smallest absolute Gasteiger partial charge is 0.0672 e. The van der Waals surface area contributed by atoms with E-state index in [-0.39, 0.29) is 12.0 Å². The van der Waals surface area contributed by atoms with Crippen LogP contribution >= 0.6 is 0 Å². The van der Waals surface area contributed by atoms with Crippen LogP contribution in [0.5, 0.6) is 0 Å². The summed E-state index contributed by atoms with van der Waals surface area (Å²) in [4.78, 5) is 0. The van der Waals surface area contributed by atoms with Crippen LogP contribution in [0.4, 0.5) is 0 Å². The fourth-order valence-corrected chi connectivity index (χ4v) is 2.89. The molecule has 2 N–H and O–H groups in total. The zero-order valence-corrected chi connectivity index (χ0v) is 9.86. The van der Waals surface area contributed by atoms with E-state index in [0.29, 0.717) is 12.0 Å². The number of nitriles is 1. The Labute approximate surface area is 97.8 Å². The highest BCUT2D eigenvalue weighted by atomic mass is 16.3. The van der Waals surface area contributed by atoms with Gasteiger partial charge in [-0.2, -0.15) is 5.26 Å². The predicted molar refractivity (Wildman–Crippen MR) is 62.7 cm³/mol. The largest absolute Gasteiger partial charge is 0.393 e. The summed E-state index contributed by atoms with van der Waals surface area (Å²) in [6, 6.07) is 2.84. The first-order valence-corrected chi connectivity index (χ1v) is 6.60. The summed E-state index contributed by atoms with van der Waals surface area (Å²) in [5, 5.41) is 21.9. The van der Waals surface area contributed by atoms with Crippen LogP contribution in [-0.2, 0) is 0 Å². The first kappa shape index (κ1) is 11.9. The van der Waals surface area contributed by atoms with Gasteiger partial charge in [0.15, 0.2) is 0 Å². The van der Waals surface area contributed by atoms with Crippen molar-refractivity contribution in [2.24, 2.45) is 11.8 Å². The van der Waals surface area contributed by atoms with Crippen LogP contribution < -0.4 is 5.32 Å². The van der Waals surface area contributed by atoms with Gasteiger partial charge in [-0.25, -0.2) is 0 Å². The minimum atomic E-state index is -0.0623. The Balaban J connectivity index is 1.75. The molecule has 2 unspecified atom stereocenters. The molecule has 0 aliphatic heterocycles. The maximum atomic E-state index is 9.22. The zero-order valence-electron chi connectivity index (χ0n) is 9.86. The van der Waals surface area contributed by atoms with Crippen molar-refractivity contribution < 1.29 is 5.11 Å².